The Labute approximate surface area is 147 Å². The molecule has 0 saturated heterocycles. The van der Waals surface area contributed by atoms with Gasteiger partial charge in [0.15, 0.2) is 0 Å². The van der Waals surface area contributed by atoms with E-state index in [1.165, 1.54) is 18.2 Å². The number of benzene rings is 1. The van der Waals surface area contributed by atoms with Crippen molar-refractivity contribution in [3.05, 3.63) is 35.4 Å². The van der Waals surface area contributed by atoms with Crippen LogP contribution >= 0.6 is 12.4 Å². The average molecular weight is 363 g/mol. The molecule has 4 nitrogen and oxygen atoms in total. The van der Waals surface area contributed by atoms with Gasteiger partial charge in [-0.1, -0.05) is 19.9 Å². The molecule has 1 saturated carbocycles. The fraction of sp³-hybridized carbons (Fsp3) is 0.588. The number of hydrogen-bond donors (Lipinski definition) is 2. The second-order valence-electron chi connectivity index (χ2n) is 6.55. The second kappa shape index (κ2) is 7.76. The summed E-state index contributed by atoms with van der Waals surface area (Å²) >= 11 is 0. The maximum Gasteiger partial charge on any atom is 0.240 e. The first kappa shape index (κ1) is 20.8. The summed E-state index contributed by atoms with van der Waals surface area (Å²) in [5.41, 5.74) is 4.70. The highest BCUT2D eigenvalue weighted by Crippen LogP contribution is 2.49. The number of carbonyl (C=O) groups excluding carboxylic acids is 1. The molecule has 7 heteroatoms. The molecule has 1 aromatic carbocycles. The molecular formula is C17H25ClF2N2O2. The monoisotopic (exact) mass is 362 g/mol. The highest BCUT2D eigenvalue weighted by atomic mass is 35.5. The van der Waals surface area contributed by atoms with Gasteiger partial charge >= 0.3 is 0 Å². The van der Waals surface area contributed by atoms with E-state index in [1.54, 1.807) is 0 Å². The number of nitrogens with two attached hydrogens (primary N) is 1. The van der Waals surface area contributed by atoms with Crippen molar-refractivity contribution >= 4 is 18.3 Å². The van der Waals surface area contributed by atoms with Gasteiger partial charge in [0.2, 0.25) is 5.91 Å². The lowest BCUT2D eigenvalue weighted by Crippen LogP contribution is -2.75. The van der Waals surface area contributed by atoms with Crippen LogP contribution in [0.4, 0.5) is 8.78 Å². The van der Waals surface area contributed by atoms with Crippen LogP contribution in [0.15, 0.2) is 18.2 Å². The molecule has 1 aliphatic carbocycles. The van der Waals surface area contributed by atoms with Gasteiger partial charge in [-0.05, 0) is 25.5 Å². The SMILES string of the molecule is CCOC1CC(N)(C(=O)NCCc2c(F)cccc2F)C1(C)C.Cl. The quantitative estimate of drug-likeness (QED) is 0.817. The van der Waals surface area contributed by atoms with Crippen molar-refractivity contribution in [3.63, 3.8) is 0 Å². The van der Waals surface area contributed by atoms with Gasteiger partial charge in [0.05, 0.1) is 6.10 Å². The molecule has 136 valence electrons. The summed E-state index contributed by atoms with van der Waals surface area (Å²) in [6.45, 7) is 6.39. The summed E-state index contributed by atoms with van der Waals surface area (Å²) in [4.78, 5) is 12.4. The van der Waals surface area contributed by atoms with E-state index in [2.05, 4.69) is 5.32 Å². The zero-order valence-electron chi connectivity index (χ0n) is 14.2. The minimum absolute atomic E-state index is 0. The highest BCUT2D eigenvalue weighted by Gasteiger charge is 2.62. The fourth-order valence-electron chi connectivity index (χ4n) is 3.05. The molecule has 0 spiro atoms. The third-order valence-electron chi connectivity index (χ3n) is 4.96. The summed E-state index contributed by atoms with van der Waals surface area (Å²) in [7, 11) is 0. The molecule has 0 radical (unpaired) electrons. The van der Waals surface area contributed by atoms with E-state index < -0.39 is 22.6 Å². The fourth-order valence-corrected chi connectivity index (χ4v) is 3.05. The third kappa shape index (κ3) is 3.55. The second-order valence-corrected chi connectivity index (χ2v) is 6.55. The Morgan fingerprint density at radius 2 is 1.96 bits per heavy atom. The van der Waals surface area contributed by atoms with Crippen LogP contribution in [0.25, 0.3) is 0 Å². The molecule has 0 heterocycles. The molecule has 1 fully saturated rings. The van der Waals surface area contributed by atoms with E-state index in [4.69, 9.17) is 10.5 Å². The molecule has 1 aliphatic rings. The van der Waals surface area contributed by atoms with Crippen LogP contribution in [-0.2, 0) is 16.0 Å². The van der Waals surface area contributed by atoms with Gasteiger partial charge in [-0.25, -0.2) is 8.78 Å². The molecule has 3 N–H and O–H groups in total. The van der Waals surface area contributed by atoms with E-state index >= 15 is 0 Å². The van der Waals surface area contributed by atoms with E-state index in [0.717, 1.165) is 0 Å². The lowest BCUT2D eigenvalue weighted by atomic mass is 9.54. The first-order chi connectivity index (χ1) is 10.7. The lowest BCUT2D eigenvalue weighted by molar-refractivity contribution is -0.170. The van der Waals surface area contributed by atoms with Crippen LogP contribution in [0.5, 0.6) is 0 Å². The number of nitrogens with one attached hydrogen (secondary N) is 1. The van der Waals surface area contributed by atoms with Gasteiger partial charge in [0.1, 0.15) is 17.2 Å². The standard InChI is InChI=1S/C17H24F2N2O2.ClH/c1-4-23-14-10-17(20,16(14,2)3)15(22)21-9-8-11-12(18)6-5-7-13(11)19;/h5-7,14H,4,8-10,20H2,1-3H3,(H,21,22);1H. The molecule has 0 aliphatic heterocycles. The third-order valence-corrected chi connectivity index (χ3v) is 4.96. The molecule has 0 bridgehead atoms. The number of amides is 1. The molecule has 2 atom stereocenters. The molecular weight excluding hydrogens is 338 g/mol. The summed E-state index contributed by atoms with van der Waals surface area (Å²) in [6.07, 6.45) is 0.455. The van der Waals surface area contributed by atoms with Crippen LogP contribution in [-0.4, -0.2) is 30.7 Å². The van der Waals surface area contributed by atoms with Gasteiger partial charge in [0.25, 0.3) is 0 Å². The van der Waals surface area contributed by atoms with E-state index in [1.807, 2.05) is 20.8 Å². The molecule has 24 heavy (non-hydrogen) atoms. The zero-order chi connectivity index (χ0) is 17.3. The molecule has 1 amide bonds. The Kier molecular flexibility index (Phi) is 6.73. The van der Waals surface area contributed by atoms with E-state index in [9.17, 15) is 13.6 Å². The summed E-state index contributed by atoms with van der Waals surface area (Å²) in [5, 5.41) is 2.69. The largest absolute Gasteiger partial charge is 0.378 e. The molecule has 0 aromatic heterocycles. The number of carbonyl (C=O) groups is 1. The number of hydrogen-bond acceptors (Lipinski definition) is 3. The average Bonchev–Trinajstić information content (AvgIpc) is 2.49. The van der Waals surface area contributed by atoms with Crippen molar-refractivity contribution in [2.24, 2.45) is 11.1 Å². The number of halogens is 3. The number of ether oxygens (including phenoxy) is 1. The predicted molar refractivity (Wildman–Crippen MR) is 91.1 cm³/mol. The Morgan fingerprint density at radius 3 is 2.46 bits per heavy atom. The minimum Gasteiger partial charge on any atom is -0.378 e. The highest BCUT2D eigenvalue weighted by molar-refractivity contribution is 5.88. The van der Waals surface area contributed by atoms with Gasteiger partial charge in [-0.3, -0.25) is 4.79 Å². The van der Waals surface area contributed by atoms with Crippen molar-refractivity contribution in [2.45, 2.75) is 45.3 Å². The van der Waals surface area contributed by atoms with Crippen molar-refractivity contribution in [3.8, 4) is 0 Å². The van der Waals surface area contributed by atoms with Crippen LogP contribution in [0.1, 0.15) is 32.8 Å². The smallest absolute Gasteiger partial charge is 0.240 e. The van der Waals surface area contributed by atoms with Gasteiger partial charge in [-0.15, -0.1) is 12.4 Å². The zero-order valence-corrected chi connectivity index (χ0v) is 15.0. The topological polar surface area (TPSA) is 64.3 Å². The molecule has 2 rings (SSSR count). The first-order valence-corrected chi connectivity index (χ1v) is 7.85. The van der Waals surface area contributed by atoms with Crippen LogP contribution in [0.3, 0.4) is 0 Å². The Balaban J connectivity index is 0.00000288. The first-order valence-electron chi connectivity index (χ1n) is 7.85. The summed E-state index contributed by atoms with van der Waals surface area (Å²) < 4.78 is 32.7. The molecule has 2 unspecified atom stereocenters. The van der Waals surface area contributed by atoms with E-state index in [-0.39, 0.29) is 42.9 Å². The van der Waals surface area contributed by atoms with Gasteiger partial charge in [-0.2, -0.15) is 0 Å². The Morgan fingerprint density at radius 1 is 1.38 bits per heavy atom. The minimum atomic E-state index is -1.03. The van der Waals surface area contributed by atoms with E-state index in [0.29, 0.717) is 13.0 Å². The van der Waals surface area contributed by atoms with Crippen molar-refractivity contribution < 1.29 is 18.3 Å². The van der Waals surface area contributed by atoms with Crippen molar-refractivity contribution in [2.75, 3.05) is 13.2 Å². The Bertz CT molecular complexity index is 578. The van der Waals surface area contributed by atoms with Crippen LogP contribution in [0, 0.1) is 17.0 Å². The lowest BCUT2D eigenvalue weighted by Gasteiger charge is -2.57. The van der Waals surface area contributed by atoms with Crippen LogP contribution in [0.2, 0.25) is 0 Å². The maximum atomic E-state index is 13.6. The van der Waals surface area contributed by atoms with Gasteiger partial charge < -0.3 is 15.8 Å². The van der Waals surface area contributed by atoms with Crippen LogP contribution < -0.4 is 11.1 Å². The summed E-state index contributed by atoms with van der Waals surface area (Å²) in [6, 6.07) is 3.71. The normalized spacial score (nSPS) is 24.7. The van der Waals surface area contributed by atoms with Crippen molar-refractivity contribution in [1.29, 1.82) is 0 Å². The van der Waals surface area contributed by atoms with Crippen molar-refractivity contribution in [1.82, 2.24) is 5.32 Å². The Hall–Kier alpha value is -1.24. The predicted octanol–water partition coefficient (Wildman–Crippen LogP) is 2.58. The molecule has 1 aromatic rings. The maximum absolute atomic E-state index is 13.6. The summed E-state index contributed by atoms with van der Waals surface area (Å²) in [5.74, 6) is -1.53. The number of rotatable bonds is 6. The van der Waals surface area contributed by atoms with Gasteiger partial charge in [0, 0.05) is 30.6 Å².